The SMILES string of the molecule is CN(CCO)C(=O)c1ccc(NC(=O)c2ccccc2)cc1. The minimum absolute atomic E-state index is 0.0759. The monoisotopic (exact) mass is 298 g/mol. The molecule has 0 radical (unpaired) electrons. The lowest BCUT2D eigenvalue weighted by Crippen LogP contribution is -2.29. The third-order valence-corrected chi connectivity index (χ3v) is 3.21. The summed E-state index contributed by atoms with van der Waals surface area (Å²) in [5.74, 6) is -0.368. The van der Waals surface area contributed by atoms with Crippen LogP contribution in [0.2, 0.25) is 0 Å². The molecule has 5 heteroatoms. The Kier molecular flexibility index (Phi) is 5.27. The minimum atomic E-state index is -0.197. The number of amides is 2. The summed E-state index contributed by atoms with van der Waals surface area (Å²) >= 11 is 0. The fourth-order valence-electron chi connectivity index (χ4n) is 1.96. The van der Waals surface area contributed by atoms with Crippen molar-refractivity contribution in [3.8, 4) is 0 Å². The molecule has 0 fully saturated rings. The molecular weight excluding hydrogens is 280 g/mol. The number of nitrogens with one attached hydrogen (secondary N) is 1. The first-order valence-corrected chi connectivity index (χ1v) is 6.94. The molecule has 0 aliphatic heterocycles. The van der Waals surface area contributed by atoms with Gasteiger partial charge in [-0.3, -0.25) is 9.59 Å². The van der Waals surface area contributed by atoms with Gasteiger partial charge in [0.2, 0.25) is 0 Å². The zero-order valence-electron chi connectivity index (χ0n) is 12.3. The maximum Gasteiger partial charge on any atom is 0.255 e. The van der Waals surface area contributed by atoms with E-state index in [9.17, 15) is 9.59 Å². The number of carbonyl (C=O) groups is 2. The Bertz CT molecular complexity index is 639. The molecule has 2 rings (SSSR count). The second-order valence-electron chi connectivity index (χ2n) is 4.85. The first-order valence-electron chi connectivity index (χ1n) is 6.94. The summed E-state index contributed by atoms with van der Waals surface area (Å²) in [6.07, 6.45) is 0. The van der Waals surface area contributed by atoms with Gasteiger partial charge < -0.3 is 15.3 Å². The largest absolute Gasteiger partial charge is 0.395 e. The third-order valence-electron chi connectivity index (χ3n) is 3.21. The van der Waals surface area contributed by atoms with Crippen molar-refractivity contribution < 1.29 is 14.7 Å². The van der Waals surface area contributed by atoms with Gasteiger partial charge in [-0.15, -0.1) is 0 Å². The van der Waals surface area contributed by atoms with E-state index in [-0.39, 0.29) is 25.0 Å². The molecule has 2 N–H and O–H groups in total. The molecule has 5 nitrogen and oxygen atoms in total. The van der Waals surface area contributed by atoms with Crippen molar-refractivity contribution in [2.75, 3.05) is 25.5 Å². The number of hydrogen-bond donors (Lipinski definition) is 2. The van der Waals surface area contributed by atoms with Gasteiger partial charge in [0, 0.05) is 30.4 Å². The Hall–Kier alpha value is -2.66. The molecule has 0 atom stereocenters. The number of aliphatic hydroxyl groups is 1. The predicted molar refractivity (Wildman–Crippen MR) is 84.9 cm³/mol. The van der Waals surface area contributed by atoms with Crippen LogP contribution >= 0.6 is 0 Å². The molecule has 0 aliphatic carbocycles. The maximum absolute atomic E-state index is 12.0. The Balaban J connectivity index is 2.03. The number of anilines is 1. The van der Waals surface area contributed by atoms with E-state index in [2.05, 4.69) is 5.32 Å². The maximum atomic E-state index is 12.0. The normalized spacial score (nSPS) is 10.1. The van der Waals surface area contributed by atoms with Gasteiger partial charge in [0.25, 0.3) is 11.8 Å². The average molecular weight is 298 g/mol. The molecule has 0 bridgehead atoms. The van der Waals surface area contributed by atoms with Gasteiger partial charge in [-0.1, -0.05) is 18.2 Å². The van der Waals surface area contributed by atoms with Gasteiger partial charge in [-0.2, -0.15) is 0 Å². The van der Waals surface area contributed by atoms with E-state index in [1.807, 2.05) is 6.07 Å². The predicted octanol–water partition coefficient (Wildman–Crippen LogP) is 2.00. The Morgan fingerprint density at radius 2 is 1.64 bits per heavy atom. The number of benzene rings is 2. The number of hydrogen-bond acceptors (Lipinski definition) is 3. The topological polar surface area (TPSA) is 69.6 Å². The standard InChI is InChI=1S/C17H18N2O3/c1-19(11-12-20)17(22)14-7-9-15(10-8-14)18-16(21)13-5-3-2-4-6-13/h2-10,20H,11-12H2,1H3,(H,18,21). The molecule has 114 valence electrons. The van der Waals surface area contributed by atoms with Crippen molar-refractivity contribution in [1.29, 1.82) is 0 Å². The fraction of sp³-hybridized carbons (Fsp3) is 0.176. The molecule has 22 heavy (non-hydrogen) atoms. The minimum Gasteiger partial charge on any atom is -0.395 e. The number of aliphatic hydroxyl groups excluding tert-OH is 1. The van der Waals surface area contributed by atoms with Gasteiger partial charge in [0.15, 0.2) is 0 Å². The van der Waals surface area contributed by atoms with E-state index in [0.29, 0.717) is 16.8 Å². The van der Waals surface area contributed by atoms with Crippen LogP contribution in [0.1, 0.15) is 20.7 Å². The summed E-state index contributed by atoms with van der Waals surface area (Å²) in [6, 6.07) is 15.6. The van der Waals surface area contributed by atoms with E-state index >= 15 is 0 Å². The number of nitrogens with zero attached hydrogens (tertiary/aromatic N) is 1. The molecule has 2 aromatic rings. The fourth-order valence-corrected chi connectivity index (χ4v) is 1.96. The molecule has 0 aromatic heterocycles. The van der Waals surface area contributed by atoms with E-state index < -0.39 is 0 Å². The van der Waals surface area contributed by atoms with Crippen molar-refractivity contribution in [1.82, 2.24) is 4.90 Å². The van der Waals surface area contributed by atoms with Crippen LogP contribution in [0.4, 0.5) is 5.69 Å². The molecule has 0 heterocycles. The van der Waals surface area contributed by atoms with Gasteiger partial charge in [-0.05, 0) is 36.4 Å². The first-order chi connectivity index (χ1) is 10.6. The summed E-state index contributed by atoms with van der Waals surface area (Å²) in [5, 5.41) is 11.6. The average Bonchev–Trinajstić information content (AvgIpc) is 2.56. The lowest BCUT2D eigenvalue weighted by atomic mass is 10.1. The van der Waals surface area contributed by atoms with Crippen LogP contribution in [0.15, 0.2) is 54.6 Å². The molecule has 0 aliphatic rings. The van der Waals surface area contributed by atoms with Crippen LogP contribution in [-0.4, -0.2) is 42.0 Å². The molecule has 0 saturated heterocycles. The molecule has 2 amide bonds. The van der Waals surface area contributed by atoms with Gasteiger partial charge in [0.05, 0.1) is 6.61 Å². The van der Waals surface area contributed by atoms with Gasteiger partial charge in [-0.25, -0.2) is 0 Å². The van der Waals surface area contributed by atoms with E-state index in [1.165, 1.54) is 4.90 Å². The lowest BCUT2D eigenvalue weighted by molar-refractivity contribution is 0.0767. The van der Waals surface area contributed by atoms with Crippen molar-refractivity contribution in [2.45, 2.75) is 0 Å². The summed E-state index contributed by atoms with van der Waals surface area (Å²) < 4.78 is 0. The molecule has 2 aromatic carbocycles. The Labute approximate surface area is 129 Å². The number of likely N-dealkylation sites (N-methyl/N-ethyl adjacent to an activating group) is 1. The van der Waals surface area contributed by atoms with Gasteiger partial charge >= 0.3 is 0 Å². The van der Waals surface area contributed by atoms with E-state index in [1.54, 1.807) is 55.6 Å². The smallest absolute Gasteiger partial charge is 0.255 e. The van der Waals surface area contributed by atoms with Crippen molar-refractivity contribution in [3.05, 3.63) is 65.7 Å². The lowest BCUT2D eigenvalue weighted by Gasteiger charge is -2.15. The molecule has 0 unspecified atom stereocenters. The van der Waals surface area contributed by atoms with Crippen LogP contribution in [0.5, 0.6) is 0 Å². The quantitative estimate of drug-likeness (QED) is 0.887. The zero-order chi connectivity index (χ0) is 15.9. The van der Waals surface area contributed by atoms with Crippen molar-refractivity contribution >= 4 is 17.5 Å². The highest BCUT2D eigenvalue weighted by atomic mass is 16.3. The van der Waals surface area contributed by atoms with Crippen molar-refractivity contribution in [3.63, 3.8) is 0 Å². The summed E-state index contributed by atoms with van der Waals surface area (Å²) in [7, 11) is 1.63. The zero-order valence-corrected chi connectivity index (χ0v) is 12.3. The van der Waals surface area contributed by atoms with Crippen LogP contribution in [0, 0.1) is 0 Å². The third kappa shape index (κ3) is 3.93. The van der Waals surface area contributed by atoms with Crippen LogP contribution < -0.4 is 5.32 Å². The highest BCUT2D eigenvalue weighted by Crippen LogP contribution is 2.12. The van der Waals surface area contributed by atoms with Crippen LogP contribution in [0.25, 0.3) is 0 Å². The Morgan fingerprint density at radius 3 is 2.23 bits per heavy atom. The summed E-state index contributed by atoms with van der Waals surface area (Å²) in [5.41, 5.74) is 1.70. The molecular formula is C17H18N2O3. The highest BCUT2D eigenvalue weighted by Gasteiger charge is 2.11. The Morgan fingerprint density at radius 1 is 1.00 bits per heavy atom. The highest BCUT2D eigenvalue weighted by molar-refractivity contribution is 6.04. The first kappa shape index (κ1) is 15.7. The molecule has 0 spiro atoms. The van der Waals surface area contributed by atoms with Crippen LogP contribution in [0.3, 0.4) is 0 Å². The second-order valence-corrected chi connectivity index (χ2v) is 4.85. The van der Waals surface area contributed by atoms with Gasteiger partial charge in [0.1, 0.15) is 0 Å². The van der Waals surface area contributed by atoms with Crippen LogP contribution in [-0.2, 0) is 0 Å². The second kappa shape index (κ2) is 7.38. The number of carbonyl (C=O) groups excluding carboxylic acids is 2. The molecule has 0 saturated carbocycles. The number of rotatable bonds is 5. The van der Waals surface area contributed by atoms with E-state index in [4.69, 9.17) is 5.11 Å². The van der Waals surface area contributed by atoms with Crippen molar-refractivity contribution in [2.24, 2.45) is 0 Å². The summed E-state index contributed by atoms with van der Waals surface area (Å²) in [6.45, 7) is 0.207. The van der Waals surface area contributed by atoms with E-state index in [0.717, 1.165) is 0 Å². The summed E-state index contributed by atoms with van der Waals surface area (Å²) in [4.78, 5) is 25.5.